The zero-order valence-corrected chi connectivity index (χ0v) is 17.6. The van der Waals surface area contributed by atoms with E-state index in [1.807, 2.05) is 0 Å². The molecule has 9 nitrogen and oxygen atoms in total. The van der Waals surface area contributed by atoms with Gasteiger partial charge in [-0.05, 0) is 32.3 Å². The van der Waals surface area contributed by atoms with Crippen LogP contribution in [0.25, 0.3) is 11.0 Å². The van der Waals surface area contributed by atoms with Crippen LogP contribution < -0.4 is 5.32 Å². The Hall–Kier alpha value is -2.49. The molecule has 1 saturated heterocycles. The van der Waals surface area contributed by atoms with Crippen LogP contribution in [0.3, 0.4) is 0 Å². The SMILES string of the molecule is Cc1nn([C@H]2CCS(=O)(=O)C2)c2nc(C3CC3)cc(C(=O)NCC(=O)N(C)C)c12. The minimum atomic E-state index is -3.08. The van der Waals surface area contributed by atoms with Gasteiger partial charge in [-0.3, -0.25) is 9.59 Å². The fraction of sp³-hybridized carbons (Fsp3) is 0.579. The summed E-state index contributed by atoms with van der Waals surface area (Å²) in [5, 5.41) is 7.87. The lowest BCUT2D eigenvalue weighted by atomic mass is 10.1. The number of sulfone groups is 1. The number of nitrogens with zero attached hydrogens (tertiary/aromatic N) is 4. The fourth-order valence-electron chi connectivity index (χ4n) is 3.73. The quantitative estimate of drug-likeness (QED) is 0.767. The summed E-state index contributed by atoms with van der Waals surface area (Å²) in [5.74, 6) is -0.0613. The first-order valence-corrected chi connectivity index (χ1v) is 11.6. The average Bonchev–Trinajstić information content (AvgIpc) is 3.38. The van der Waals surface area contributed by atoms with Crippen molar-refractivity contribution in [3.05, 3.63) is 23.0 Å². The summed E-state index contributed by atoms with van der Waals surface area (Å²) in [6.07, 6.45) is 2.53. The van der Waals surface area contributed by atoms with Crippen LogP contribution in [0.15, 0.2) is 6.07 Å². The number of pyridine rings is 1. The molecule has 2 aliphatic rings. The molecule has 29 heavy (non-hydrogen) atoms. The molecular formula is C19H25N5O4S. The maximum absolute atomic E-state index is 12.9. The third-order valence-corrected chi connectivity index (χ3v) is 7.30. The highest BCUT2D eigenvalue weighted by atomic mass is 32.2. The highest BCUT2D eigenvalue weighted by Crippen LogP contribution is 2.41. The highest BCUT2D eigenvalue weighted by molar-refractivity contribution is 7.91. The second-order valence-electron chi connectivity index (χ2n) is 8.13. The normalized spacial score (nSPS) is 20.7. The number of nitrogens with one attached hydrogen (secondary N) is 1. The number of fused-ring (bicyclic) bond motifs is 1. The molecule has 2 aromatic rings. The van der Waals surface area contributed by atoms with E-state index in [9.17, 15) is 18.0 Å². The van der Waals surface area contributed by atoms with Crippen molar-refractivity contribution in [1.29, 1.82) is 0 Å². The second kappa shape index (κ2) is 7.08. The maximum atomic E-state index is 12.9. The van der Waals surface area contributed by atoms with Crippen molar-refractivity contribution >= 4 is 32.7 Å². The van der Waals surface area contributed by atoms with E-state index < -0.39 is 9.84 Å². The minimum Gasteiger partial charge on any atom is -0.347 e. The van der Waals surface area contributed by atoms with Crippen molar-refractivity contribution in [1.82, 2.24) is 25.0 Å². The molecule has 1 N–H and O–H groups in total. The lowest BCUT2D eigenvalue weighted by Crippen LogP contribution is -2.36. The molecule has 156 valence electrons. The van der Waals surface area contributed by atoms with Gasteiger partial charge in [0, 0.05) is 25.7 Å². The van der Waals surface area contributed by atoms with Crippen LogP contribution in [-0.4, -0.2) is 72.0 Å². The summed E-state index contributed by atoms with van der Waals surface area (Å²) in [4.78, 5) is 31.0. The molecule has 1 atom stereocenters. The number of carbonyl (C=O) groups excluding carboxylic acids is 2. The number of hydrogen-bond donors (Lipinski definition) is 1. The van der Waals surface area contributed by atoms with E-state index in [4.69, 9.17) is 4.98 Å². The Labute approximate surface area is 169 Å². The molecule has 1 aliphatic carbocycles. The summed E-state index contributed by atoms with van der Waals surface area (Å²) in [7, 11) is 0.186. The van der Waals surface area contributed by atoms with Crippen LogP contribution in [0.2, 0.25) is 0 Å². The van der Waals surface area contributed by atoms with Gasteiger partial charge in [0.1, 0.15) is 0 Å². The molecule has 1 saturated carbocycles. The van der Waals surface area contributed by atoms with Gasteiger partial charge in [0.2, 0.25) is 5.91 Å². The fourth-order valence-corrected chi connectivity index (χ4v) is 5.42. The number of hydrogen-bond acceptors (Lipinski definition) is 6. The predicted molar refractivity (Wildman–Crippen MR) is 108 cm³/mol. The molecule has 0 unspecified atom stereocenters. The van der Waals surface area contributed by atoms with E-state index in [0.717, 1.165) is 18.5 Å². The van der Waals surface area contributed by atoms with Gasteiger partial charge < -0.3 is 10.2 Å². The van der Waals surface area contributed by atoms with E-state index in [0.29, 0.717) is 34.6 Å². The Morgan fingerprint density at radius 2 is 2.00 bits per heavy atom. The molecular weight excluding hydrogens is 394 g/mol. The Morgan fingerprint density at radius 3 is 2.59 bits per heavy atom. The predicted octanol–water partition coefficient (Wildman–Crippen LogP) is 0.795. The highest BCUT2D eigenvalue weighted by Gasteiger charge is 2.34. The molecule has 2 amide bonds. The molecule has 2 aromatic heterocycles. The van der Waals surface area contributed by atoms with Crippen molar-refractivity contribution in [3.63, 3.8) is 0 Å². The Kier molecular flexibility index (Phi) is 4.84. The first kappa shape index (κ1) is 19.8. The van der Waals surface area contributed by atoms with E-state index in [-0.39, 0.29) is 35.9 Å². The van der Waals surface area contributed by atoms with Gasteiger partial charge in [0.15, 0.2) is 15.5 Å². The number of aromatic nitrogens is 3. The third-order valence-electron chi connectivity index (χ3n) is 5.55. The number of likely N-dealkylation sites (N-methyl/N-ethyl adjacent to an activating group) is 1. The summed E-state index contributed by atoms with van der Waals surface area (Å²) < 4.78 is 25.6. The molecule has 4 rings (SSSR count). The molecule has 2 fully saturated rings. The van der Waals surface area contributed by atoms with Crippen molar-refractivity contribution in [3.8, 4) is 0 Å². The first-order chi connectivity index (χ1) is 13.7. The zero-order valence-electron chi connectivity index (χ0n) is 16.8. The van der Waals surface area contributed by atoms with E-state index in [2.05, 4.69) is 10.4 Å². The second-order valence-corrected chi connectivity index (χ2v) is 10.4. The van der Waals surface area contributed by atoms with E-state index >= 15 is 0 Å². The van der Waals surface area contributed by atoms with Crippen LogP contribution in [0.1, 0.15) is 53.0 Å². The summed E-state index contributed by atoms with van der Waals surface area (Å²) in [6.45, 7) is 1.70. The maximum Gasteiger partial charge on any atom is 0.252 e. The smallest absolute Gasteiger partial charge is 0.252 e. The summed E-state index contributed by atoms with van der Waals surface area (Å²) in [6, 6.07) is 1.52. The van der Waals surface area contributed by atoms with E-state index in [1.165, 1.54) is 4.90 Å². The van der Waals surface area contributed by atoms with E-state index in [1.54, 1.807) is 31.8 Å². The van der Waals surface area contributed by atoms with Crippen LogP contribution >= 0.6 is 0 Å². The standard InChI is InChI=1S/C19H25N5O4S/c1-11-17-14(19(26)20-9-16(25)23(2)3)8-15(12-4-5-12)21-18(17)24(22-11)13-6-7-29(27,28)10-13/h8,12-13H,4-7,9-10H2,1-3H3,(H,20,26)/t13-/m0/s1. The number of amides is 2. The molecule has 3 heterocycles. The molecule has 0 bridgehead atoms. The Balaban J connectivity index is 1.76. The average molecular weight is 420 g/mol. The van der Waals surface area contributed by atoms with Crippen LogP contribution in [0.5, 0.6) is 0 Å². The lowest BCUT2D eigenvalue weighted by molar-refractivity contribution is -0.127. The monoisotopic (exact) mass is 419 g/mol. The van der Waals surface area contributed by atoms with Gasteiger partial charge in [-0.2, -0.15) is 5.10 Å². The topological polar surface area (TPSA) is 114 Å². The van der Waals surface area contributed by atoms with Crippen LogP contribution in [0, 0.1) is 6.92 Å². The summed E-state index contributed by atoms with van der Waals surface area (Å²) in [5.41, 5.74) is 2.44. The number of rotatable bonds is 5. The van der Waals surface area contributed by atoms with Gasteiger partial charge in [-0.1, -0.05) is 0 Å². The molecule has 0 spiro atoms. The summed E-state index contributed by atoms with van der Waals surface area (Å²) >= 11 is 0. The molecule has 10 heteroatoms. The van der Waals surface area contributed by atoms with Gasteiger partial charge in [0.25, 0.3) is 5.91 Å². The van der Waals surface area contributed by atoms with Gasteiger partial charge in [-0.15, -0.1) is 0 Å². The Morgan fingerprint density at radius 1 is 1.28 bits per heavy atom. The molecule has 0 radical (unpaired) electrons. The van der Waals surface area contributed by atoms with Gasteiger partial charge in [0.05, 0.1) is 40.7 Å². The van der Waals surface area contributed by atoms with Crippen LogP contribution in [0.4, 0.5) is 0 Å². The van der Waals surface area contributed by atoms with Crippen molar-refractivity contribution in [2.75, 3.05) is 32.1 Å². The Bertz CT molecular complexity index is 1100. The minimum absolute atomic E-state index is 0.0391. The lowest BCUT2D eigenvalue weighted by Gasteiger charge is -2.13. The first-order valence-electron chi connectivity index (χ1n) is 9.75. The molecule has 0 aromatic carbocycles. The third kappa shape index (κ3) is 3.85. The number of carbonyl (C=O) groups is 2. The van der Waals surface area contributed by atoms with Crippen molar-refractivity contribution in [2.24, 2.45) is 0 Å². The van der Waals surface area contributed by atoms with Crippen LogP contribution in [-0.2, 0) is 14.6 Å². The zero-order chi connectivity index (χ0) is 20.9. The van der Waals surface area contributed by atoms with Crippen molar-refractivity contribution < 1.29 is 18.0 Å². The van der Waals surface area contributed by atoms with Crippen molar-refractivity contribution in [2.45, 2.75) is 38.1 Å². The number of aryl methyl sites for hydroxylation is 1. The largest absolute Gasteiger partial charge is 0.347 e. The molecule has 1 aliphatic heterocycles. The van der Waals surface area contributed by atoms with Gasteiger partial charge in [-0.25, -0.2) is 18.1 Å². The van der Waals surface area contributed by atoms with Gasteiger partial charge >= 0.3 is 0 Å².